The zero-order valence-corrected chi connectivity index (χ0v) is 19.9. The van der Waals surface area contributed by atoms with Crippen LogP contribution in [0.5, 0.6) is 0 Å². The van der Waals surface area contributed by atoms with Crippen molar-refractivity contribution >= 4 is 5.96 Å². The van der Waals surface area contributed by atoms with E-state index in [1.165, 1.54) is 44.5 Å². The van der Waals surface area contributed by atoms with Gasteiger partial charge in [-0.2, -0.15) is 0 Å². The van der Waals surface area contributed by atoms with Gasteiger partial charge in [0.1, 0.15) is 0 Å². The molecule has 1 aliphatic heterocycles. The van der Waals surface area contributed by atoms with Gasteiger partial charge in [0.2, 0.25) is 0 Å². The Labute approximate surface area is 185 Å². The van der Waals surface area contributed by atoms with Crippen LogP contribution in [0.2, 0.25) is 0 Å². The van der Waals surface area contributed by atoms with Crippen molar-refractivity contribution in [2.24, 2.45) is 10.9 Å². The average Bonchev–Trinajstić information content (AvgIpc) is 3.22. The van der Waals surface area contributed by atoms with Crippen LogP contribution in [0, 0.1) is 5.92 Å². The number of benzene rings is 1. The van der Waals surface area contributed by atoms with E-state index in [-0.39, 0.29) is 0 Å². The summed E-state index contributed by atoms with van der Waals surface area (Å²) in [6.45, 7) is 17.8. The number of nitrogens with zero attached hydrogens (tertiary/aromatic N) is 3. The van der Waals surface area contributed by atoms with Gasteiger partial charge in [-0.25, -0.2) is 0 Å². The average molecular weight is 416 g/mol. The Kier molecular flexibility index (Phi) is 11.9. The molecule has 5 nitrogen and oxygen atoms in total. The molecule has 1 fully saturated rings. The molecular formula is C25H45N5. The maximum atomic E-state index is 4.92. The summed E-state index contributed by atoms with van der Waals surface area (Å²) >= 11 is 0. The first-order valence-electron chi connectivity index (χ1n) is 12.2. The largest absolute Gasteiger partial charge is 0.357 e. The Morgan fingerprint density at radius 3 is 2.67 bits per heavy atom. The van der Waals surface area contributed by atoms with Gasteiger partial charge in [-0.15, -0.1) is 0 Å². The fraction of sp³-hybridized carbons (Fsp3) is 0.720. The lowest BCUT2D eigenvalue weighted by Crippen LogP contribution is -2.42. The lowest BCUT2D eigenvalue weighted by Gasteiger charge is -2.21. The SMILES string of the molecule is CCNC(=NCC1CCN(CCc2ccccc2)C1)NC(C)CCCN(CC)CC. The number of aliphatic imine (C=N–C) groups is 1. The molecule has 1 heterocycles. The van der Waals surface area contributed by atoms with E-state index in [0.717, 1.165) is 45.1 Å². The highest BCUT2D eigenvalue weighted by molar-refractivity contribution is 5.80. The van der Waals surface area contributed by atoms with E-state index in [0.29, 0.717) is 12.0 Å². The minimum atomic E-state index is 0.448. The maximum absolute atomic E-state index is 4.92. The minimum Gasteiger partial charge on any atom is -0.357 e. The normalized spacial score (nSPS) is 18.7. The molecule has 30 heavy (non-hydrogen) atoms. The van der Waals surface area contributed by atoms with Crippen molar-refractivity contribution in [3.63, 3.8) is 0 Å². The number of hydrogen-bond acceptors (Lipinski definition) is 3. The van der Waals surface area contributed by atoms with Gasteiger partial charge in [-0.1, -0.05) is 44.2 Å². The zero-order chi connectivity index (χ0) is 21.6. The van der Waals surface area contributed by atoms with E-state index in [9.17, 15) is 0 Å². The molecule has 2 atom stereocenters. The number of rotatable bonds is 13. The quantitative estimate of drug-likeness (QED) is 0.381. The zero-order valence-electron chi connectivity index (χ0n) is 19.9. The van der Waals surface area contributed by atoms with Gasteiger partial charge in [-0.3, -0.25) is 4.99 Å². The van der Waals surface area contributed by atoms with E-state index in [1.807, 2.05) is 0 Å². The molecule has 1 aromatic carbocycles. The third-order valence-corrected chi connectivity index (χ3v) is 6.17. The summed E-state index contributed by atoms with van der Waals surface area (Å²) in [5.74, 6) is 1.66. The predicted octanol–water partition coefficient (Wildman–Crippen LogP) is 3.62. The van der Waals surface area contributed by atoms with Gasteiger partial charge in [0.25, 0.3) is 0 Å². The highest BCUT2D eigenvalue weighted by atomic mass is 15.2. The van der Waals surface area contributed by atoms with Crippen molar-refractivity contribution in [2.45, 2.75) is 59.4 Å². The fourth-order valence-corrected chi connectivity index (χ4v) is 4.20. The second kappa shape index (κ2) is 14.4. The molecule has 0 bridgehead atoms. The Morgan fingerprint density at radius 1 is 1.20 bits per heavy atom. The highest BCUT2D eigenvalue weighted by Crippen LogP contribution is 2.17. The Hall–Kier alpha value is -1.59. The monoisotopic (exact) mass is 415 g/mol. The van der Waals surface area contributed by atoms with Gasteiger partial charge in [-0.05, 0) is 77.2 Å². The standard InChI is InChI=1S/C25H45N5/c1-5-26-25(28-22(4)12-11-17-29(6-2)7-3)27-20-24-16-19-30(21-24)18-15-23-13-9-8-10-14-23/h8-10,13-14,22,24H,5-7,11-12,15-21H2,1-4H3,(H2,26,27,28). The second-order valence-electron chi connectivity index (χ2n) is 8.63. The summed E-state index contributed by atoms with van der Waals surface area (Å²) in [4.78, 5) is 10.0. The summed E-state index contributed by atoms with van der Waals surface area (Å²) in [5.41, 5.74) is 1.44. The highest BCUT2D eigenvalue weighted by Gasteiger charge is 2.22. The molecule has 0 aromatic heterocycles. The predicted molar refractivity (Wildman–Crippen MR) is 130 cm³/mol. The first-order valence-corrected chi connectivity index (χ1v) is 12.2. The molecular weight excluding hydrogens is 370 g/mol. The van der Waals surface area contributed by atoms with Gasteiger partial charge in [0.15, 0.2) is 5.96 Å². The minimum absolute atomic E-state index is 0.448. The van der Waals surface area contributed by atoms with Crippen LogP contribution in [-0.2, 0) is 6.42 Å². The van der Waals surface area contributed by atoms with Gasteiger partial charge in [0, 0.05) is 32.2 Å². The lowest BCUT2D eigenvalue weighted by atomic mass is 10.1. The molecule has 1 aliphatic rings. The van der Waals surface area contributed by atoms with Crippen molar-refractivity contribution in [3.8, 4) is 0 Å². The van der Waals surface area contributed by atoms with Crippen molar-refractivity contribution in [1.82, 2.24) is 20.4 Å². The van der Waals surface area contributed by atoms with Gasteiger partial charge in [0.05, 0.1) is 0 Å². The van der Waals surface area contributed by atoms with E-state index in [2.05, 4.69) is 78.5 Å². The Balaban J connectivity index is 1.70. The molecule has 2 unspecified atom stereocenters. The van der Waals surface area contributed by atoms with Crippen molar-refractivity contribution in [2.75, 3.05) is 52.4 Å². The third-order valence-electron chi connectivity index (χ3n) is 6.17. The molecule has 0 aliphatic carbocycles. The van der Waals surface area contributed by atoms with Crippen LogP contribution in [0.1, 0.15) is 52.5 Å². The molecule has 2 rings (SSSR count). The Bertz CT molecular complexity index is 584. The topological polar surface area (TPSA) is 42.9 Å². The first kappa shape index (κ1) is 24.7. The number of nitrogens with one attached hydrogen (secondary N) is 2. The molecule has 170 valence electrons. The van der Waals surface area contributed by atoms with Crippen LogP contribution in [0.15, 0.2) is 35.3 Å². The fourth-order valence-electron chi connectivity index (χ4n) is 4.20. The molecule has 1 aromatic rings. The molecule has 2 N–H and O–H groups in total. The summed E-state index contributed by atoms with van der Waals surface area (Å²) in [7, 11) is 0. The van der Waals surface area contributed by atoms with Crippen molar-refractivity contribution in [1.29, 1.82) is 0 Å². The van der Waals surface area contributed by atoms with Crippen LogP contribution in [0.3, 0.4) is 0 Å². The number of guanidine groups is 1. The second-order valence-corrected chi connectivity index (χ2v) is 8.63. The van der Waals surface area contributed by atoms with Crippen LogP contribution in [0.25, 0.3) is 0 Å². The smallest absolute Gasteiger partial charge is 0.191 e. The van der Waals surface area contributed by atoms with Crippen LogP contribution in [0.4, 0.5) is 0 Å². The molecule has 5 heteroatoms. The van der Waals surface area contributed by atoms with E-state index in [4.69, 9.17) is 4.99 Å². The summed E-state index contributed by atoms with van der Waals surface area (Å²) < 4.78 is 0. The molecule has 0 saturated carbocycles. The first-order chi connectivity index (χ1) is 14.6. The summed E-state index contributed by atoms with van der Waals surface area (Å²) in [6.07, 6.45) is 4.81. The van der Waals surface area contributed by atoms with E-state index in [1.54, 1.807) is 0 Å². The van der Waals surface area contributed by atoms with Crippen molar-refractivity contribution < 1.29 is 0 Å². The van der Waals surface area contributed by atoms with Crippen LogP contribution < -0.4 is 10.6 Å². The van der Waals surface area contributed by atoms with Gasteiger partial charge < -0.3 is 20.4 Å². The third kappa shape index (κ3) is 9.48. The van der Waals surface area contributed by atoms with Crippen LogP contribution >= 0.6 is 0 Å². The maximum Gasteiger partial charge on any atom is 0.191 e. The number of hydrogen-bond donors (Lipinski definition) is 2. The molecule has 0 amide bonds. The van der Waals surface area contributed by atoms with Crippen molar-refractivity contribution in [3.05, 3.63) is 35.9 Å². The summed E-state index contributed by atoms with van der Waals surface area (Å²) in [6, 6.07) is 11.3. The van der Waals surface area contributed by atoms with Crippen LogP contribution in [-0.4, -0.2) is 74.2 Å². The van der Waals surface area contributed by atoms with E-state index >= 15 is 0 Å². The Morgan fingerprint density at radius 2 is 1.97 bits per heavy atom. The summed E-state index contributed by atoms with van der Waals surface area (Å²) in [5, 5.41) is 7.05. The molecule has 0 radical (unpaired) electrons. The molecule has 0 spiro atoms. The molecule has 1 saturated heterocycles. The lowest BCUT2D eigenvalue weighted by molar-refractivity contribution is 0.292. The number of likely N-dealkylation sites (tertiary alicyclic amines) is 1. The van der Waals surface area contributed by atoms with E-state index < -0.39 is 0 Å². The van der Waals surface area contributed by atoms with Gasteiger partial charge >= 0.3 is 0 Å².